The van der Waals surface area contributed by atoms with Gasteiger partial charge in [-0.05, 0) is 36.2 Å². The van der Waals surface area contributed by atoms with Crippen LogP contribution >= 0.6 is 0 Å². The van der Waals surface area contributed by atoms with E-state index in [0.29, 0.717) is 6.42 Å². The van der Waals surface area contributed by atoms with E-state index < -0.39 is 17.7 Å². The monoisotopic (exact) mass is 249 g/mol. The second-order valence-corrected chi connectivity index (χ2v) is 3.91. The standard InChI is InChI=1S/C13H13F2N3/c14-10-2-1-3-11(15)13(10)12(18-16)8-9-4-6-17-7-5-9/h1-7,12,18H,8,16H2. The van der Waals surface area contributed by atoms with Crippen molar-refractivity contribution in [2.24, 2.45) is 5.84 Å². The number of hydrogen-bond donors (Lipinski definition) is 2. The van der Waals surface area contributed by atoms with E-state index in [4.69, 9.17) is 5.84 Å². The van der Waals surface area contributed by atoms with Crippen LogP contribution in [0.3, 0.4) is 0 Å². The molecule has 2 rings (SSSR count). The Bertz CT molecular complexity index is 497. The number of aromatic nitrogens is 1. The van der Waals surface area contributed by atoms with Gasteiger partial charge in [0.05, 0.1) is 6.04 Å². The van der Waals surface area contributed by atoms with Gasteiger partial charge in [0.2, 0.25) is 0 Å². The Kier molecular flexibility index (Phi) is 3.96. The highest BCUT2D eigenvalue weighted by Crippen LogP contribution is 2.23. The fourth-order valence-corrected chi connectivity index (χ4v) is 1.84. The van der Waals surface area contributed by atoms with Crippen molar-refractivity contribution >= 4 is 0 Å². The molecule has 1 atom stereocenters. The van der Waals surface area contributed by atoms with Crippen molar-refractivity contribution in [3.05, 3.63) is 65.5 Å². The molecule has 0 aliphatic rings. The highest BCUT2D eigenvalue weighted by Gasteiger charge is 2.19. The molecule has 0 aliphatic heterocycles. The first-order valence-electron chi connectivity index (χ1n) is 5.51. The van der Waals surface area contributed by atoms with Gasteiger partial charge in [0.25, 0.3) is 0 Å². The van der Waals surface area contributed by atoms with E-state index in [0.717, 1.165) is 5.56 Å². The Hall–Kier alpha value is -1.85. The van der Waals surface area contributed by atoms with E-state index in [1.165, 1.54) is 18.2 Å². The summed E-state index contributed by atoms with van der Waals surface area (Å²) in [6, 6.07) is 6.71. The van der Waals surface area contributed by atoms with Gasteiger partial charge >= 0.3 is 0 Å². The molecule has 0 fully saturated rings. The SMILES string of the molecule is NNC(Cc1ccncc1)c1c(F)cccc1F. The molecule has 1 unspecified atom stereocenters. The zero-order chi connectivity index (χ0) is 13.0. The van der Waals surface area contributed by atoms with Gasteiger partial charge in [0.15, 0.2) is 0 Å². The molecule has 0 saturated heterocycles. The highest BCUT2D eigenvalue weighted by atomic mass is 19.1. The molecule has 1 heterocycles. The predicted octanol–water partition coefficient (Wildman–Crippen LogP) is 2.11. The van der Waals surface area contributed by atoms with E-state index in [-0.39, 0.29) is 5.56 Å². The molecule has 1 aromatic carbocycles. The van der Waals surface area contributed by atoms with Gasteiger partial charge in [0, 0.05) is 18.0 Å². The largest absolute Gasteiger partial charge is 0.271 e. The van der Waals surface area contributed by atoms with E-state index in [9.17, 15) is 8.78 Å². The van der Waals surface area contributed by atoms with E-state index in [1.54, 1.807) is 24.5 Å². The van der Waals surface area contributed by atoms with Gasteiger partial charge in [-0.25, -0.2) is 8.78 Å². The van der Waals surface area contributed by atoms with Crippen molar-refractivity contribution in [1.29, 1.82) is 0 Å². The summed E-state index contributed by atoms with van der Waals surface area (Å²) in [5.74, 6) is 4.18. The Labute approximate surface area is 104 Å². The zero-order valence-corrected chi connectivity index (χ0v) is 9.61. The third-order valence-electron chi connectivity index (χ3n) is 2.74. The van der Waals surface area contributed by atoms with Crippen molar-refractivity contribution in [2.45, 2.75) is 12.5 Å². The lowest BCUT2D eigenvalue weighted by Crippen LogP contribution is -2.31. The van der Waals surface area contributed by atoms with Gasteiger partial charge in [-0.15, -0.1) is 0 Å². The molecule has 3 N–H and O–H groups in total. The number of hydrogen-bond acceptors (Lipinski definition) is 3. The molecule has 3 nitrogen and oxygen atoms in total. The number of halogens is 2. The lowest BCUT2D eigenvalue weighted by molar-refractivity contribution is 0.473. The molecule has 0 bridgehead atoms. The van der Waals surface area contributed by atoms with Crippen LogP contribution in [-0.4, -0.2) is 4.98 Å². The maximum atomic E-state index is 13.6. The zero-order valence-electron chi connectivity index (χ0n) is 9.61. The molecule has 0 amide bonds. The minimum Gasteiger partial charge on any atom is -0.271 e. The second-order valence-electron chi connectivity index (χ2n) is 3.91. The van der Waals surface area contributed by atoms with E-state index in [1.807, 2.05) is 0 Å². The average molecular weight is 249 g/mol. The number of nitrogens with zero attached hydrogens (tertiary/aromatic N) is 1. The van der Waals surface area contributed by atoms with E-state index in [2.05, 4.69) is 10.4 Å². The number of nitrogens with two attached hydrogens (primary N) is 1. The molecule has 18 heavy (non-hydrogen) atoms. The van der Waals surface area contributed by atoms with Crippen LogP contribution in [0.1, 0.15) is 17.2 Å². The van der Waals surface area contributed by atoms with Crippen LogP contribution < -0.4 is 11.3 Å². The lowest BCUT2D eigenvalue weighted by atomic mass is 9.99. The molecule has 0 aliphatic carbocycles. The van der Waals surface area contributed by atoms with Gasteiger partial charge < -0.3 is 0 Å². The molecule has 0 radical (unpaired) electrons. The quantitative estimate of drug-likeness (QED) is 0.644. The first-order chi connectivity index (χ1) is 8.72. The Morgan fingerprint density at radius 1 is 1.11 bits per heavy atom. The molecule has 1 aromatic heterocycles. The van der Waals surface area contributed by atoms with Crippen LogP contribution in [0.15, 0.2) is 42.7 Å². The number of pyridine rings is 1. The van der Waals surface area contributed by atoms with Gasteiger partial charge in [0.1, 0.15) is 11.6 Å². The predicted molar refractivity (Wildman–Crippen MR) is 64.4 cm³/mol. The minimum atomic E-state index is -0.617. The second kappa shape index (κ2) is 5.66. The normalized spacial score (nSPS) is 12.4. The molecule has 2 aromatic rings. The molecule has 5 heteroatoms. The Morgan fingerprint density at radius 3 is 2.28 bits per heavy atom. The molecule has 0 saturated carbocycles. The third-order valence-corrected chi connectivity index (χ3v) is 2.74. The first-order valence-corrected chi connectivity index (χ1v) is 5.51. The fourth-order valence-electron chi connectivity index (χ4n) is 1.84. The summed E-state index contributed by atoms with van der Waals surface area (Å²) in [7, 11) is 0. The number of nitrogens with one attached hydrogen (secondary N) is 1. The minimum absolute atomic E-state index is 0.0446. The van der Waals surface area contributed by atoms with Crippen molar-refractivity contribution in [1.82, 2.24) is 10.4 Å². The smallest absolute Gasteiger partial charge is 0.130 e. The van der Waals surface area contributed by atoms with Crippen LogP contribution in [0, 0.1) is 11.6 Å². The van der Waals surface area contributed by atoms with Gasteiger partial charge in [-0.1, -0.05) is 6.07 Å². The highest BCUT2D eigenvalue weighted by molar-refractivity contribution is 5.25. The summed E-state index contributed by atoms with van der Waals surface area (Å²) in [5, 5.41) is 0. The molecule has 94 valence electrons. The van der Waals surface area contributed by atoms with Crippen LogP contribution in [0.25, 0.3) is 0 Å². The van der Waals surface area contributed by atoms with Crippen LogP contribution in [-0.2, 0) is 6.42 Å². The maximum absolute atomic E-state index is 13.6. The van der Waals surface area contributed by atoms with Crippen LogP contribution in [0.5, 0.6) is 0 Å². The third kappa shape index (κ3) is 2.69. The summed E-state index contributed by atoms with van der Waals surface area (Å²) in [6.45, 7) is 0. The summed E-state index contributed by atoms with van der Waals surface area (Å²) >= 11 is 0. The summed E-state index contributed by atoms with van der Waals surface area (Å²) in [5.41, 5.74) is 3.30. The number of hydrazine groups is 1. The van der Waals surface area contributed by atoms with Crippen LogP contribution in [0.4, 0.5) is 8.78 Å². The summed E-state index contributed by atoms with van der Waals surface area (Å²) < 4.78 is 27.3. The number of rotatable bonds is 4. The Morgan fingerprint density at radius 2 is 1.72 bits per heavy atom. The molecule has 0 spiro atoms. The van der Waals surface area contributed by atoms with Crippen LogP contribution in [0.2, 0.25) is 0 Å². The van der Waals surface area contributed by atoms with Crippen molar-refractivity contribution in [3.8, 4) is 0 Å². The van der Waals surface area contributed by atoms with Gasteiger partial charge in [-0.2, -0.15) is 0 Å². The molecular formula is C13H13F2N3. The summed E-state index contributed by atoms with van der Waals surface area (Å²) in [6.07, 6.45) is 3.64. The van der Waals surface area contributed by atoms with Crippen molar-refractivity contribution in [3.63, 3.8) is 0 Å². The van der Waals surface area contributed by atoms with Crippen molar-refractivity contribution in [2.75, 3.05) is 0 Å². The topological polar surface area (TPSA) is 50.9 Å². The lowest BCUT2D eigenvalue weighted by Gasteiger charge is -2.17. The molecular weight excluding hydrogens is 236 g/mol. The van der Waals surface area contributed by atoms with Gasteiger partial charge in [-0.3, -0.25) is 16.3 Å². The van der Waals surface area contributed by atoms with E-state index >= 15 is 0 Å². The first kappa shape index (κ1) is 12.6. The Balaban J connectivity index is 2.29. The summed E-state index contributed by atoms with van der Waals surface area (Å²) in [4.78, 5) is 3.89. The number of benzene rings is 1. The average Bonchev–Trinajstić information content (AvgIpc) is 2.38. The van der Waals surface area contributed by atoms with Crippen molar-refractivity contribution < 1.29 is 8.78 Å². The maximum Gasteiger partial charge on any atom is 0.130 e. The fraction of sp³-hybridized carbons (Fsp3) is 0.154.